The number of nitrogen functional groups attached to an aromatic ring is 2. The van der Waals surface area contributed by atoms with Gasteiger partial charge in [0.05, 0.1) is 69.0 Å². The van der Waals surface area contributed by atoms with Crippen LogP contribution in [0.15, 0.2) is 88.8 Å². The Bertz CT molecular complexity index is 3470. The number of hydrogen-bond donors (Lipinski definition) is 7. The van der Waals surface area contributed by atoms with Crippen LogP contribution in [0, 0.1) is 36.5 Å². The molecule has 0 aliphatic heterocycles. The zero-order valence-electron chi connectivity index (χ0n) is 33.0. The minimum Gasteiger partial charge on any atom is -0.479 e. The minimum absolute atomic E-state index is 0.0556. The second-order valence-electron chi connectivity index (χ2n) is 12.6. The van der Waals surface area contributed by atoms with E-state index in [1.54, 1.807) is 0 Å². The first-order chi connectivity index (χ1) is 31.9. The Morgan fingerprint density at radius 3 is 1.70 bits per heavy atom. The van der Waals surface area contributed by atoms with Crippen LogP contribution in [0.1, 0.15) is 22.5 Å². The van der Waals surface area contributed by atoms with Gasteiger partial charge in [0, 0.05) is 4.90 Å². The maximum atomic E-state index is 12.3. The lowest BCUT2D eigenvalue weighted by molar-refractivity contribution is -0.432. The van der Waals surface area contributed by atoms with Gasteiger partial charge in [0.15, 0.2) is 34.6 Å². The highest BCUT2D eigenvalue weighted by Gasteiger charge is 2.26. The maximum absolute atomic E-state index is 12.3. The van der Waals surface area contributed by atoms with Crippen molar-refractivity contribution in [3.63, 3.8) is 0 Å². The molecule has 0 atom stereocenters. The van der Waals surface area contributed by atoms with Crippen molar-refractivity contribution in [2.24, 2.45) is 20.5 Å². The van der Waals surface area contributed by atoms with E-state index < -0.39 is 47.9 Å². The fourth-order valence-electron chi connectivity index (χ4n) is 5.67. The van der Waals surface area contributed by atoms with Gasteiger partial charge >= 0.3 is 6.01 Å². The number of anilines is 2. The van der Waals surface area contributed by atoms with Crippen LogP contribution in [-0.4, -0.2) is 95.6 Å². The molecule has 0 radical (unpaired) electrons. The zero-order chi connectivity index (χ0) is 48.4. The number of aryl methyl sites for hydroxylation is 2. The molecule has 5 heterocycles. The van der Waals surface area contributed by atoms with E-state index in [0.717, 1.165) is 55.4 Å². The Labute approximate surface area is 380 Å². The number of aromatic hydroxyl groups is 1. The lowest BCUT2D eigenvalue weighted by Gasteiger charge is -2.10. The van der Waals surface area contributed by atoms with E-state index in [2.05, 4.69) is 74.5 Å². The largest absolute Gasteiger partial charge is 0.479 e. The Morgan fingerprint density at radius 1 is 0.687 bits per heavy atom. The van der Waals surface area contributed by atoms with E-state index in [4.69, 9.17) is 22.0 Å². The van der Waals surface area contributed by atoms with E-state index in [0.29, 0.717) is 24.1 Å². The highest BCUT2D eigenvalue weighted by Crippen LogP contribution is 2.37. The molecule has 67 heavy (non-hydrogen) atoms. The van der Waals surface area contributed by atoms with Crippen molar-refractivity contribution in [1.29, 1.82) is 10.5 Å². The fraction of sp³-hybridized carbons (Fsp3) is 0.0645. The van der Waals surface area contributed by atoms with Crippen molar-refractivity contribution >= 4 is 79.0 Å². The highest BCUT2D eigenvalue weighted by molar-refractivity contribution is 7.95. The maximum Gasteiger partial charge on any atom is 0.320 e. The molecule has 0 fully saturated rings. The van der Waals surface area contributed by atoms with Crippen molar-refractivity contribution in [2.75, 3.05) is 11.5 Å². The smallest absolute Gasteiger partial charge is 0.320 e. The summed E-state index contributed by atoms with van der Waals surface area (Å²) in [5.74, 6) is -2.02. The van der Waals surface area contributed by atoms with Crippen LogP contribution >= 0.6 is 24.1 Å². The van der Waals surface area contributed by atoms with E-state index in [1.165, 1.54) is 26.0 Å². The lowest BCUT2D eigenvalue weighted by Crippen LogP contribution is -2.13. The summed E-state index contributed by atoms with van der Waals surface area (Å²) in [6.07, 6.45) is 2.11. The summed E-state index contributed by atoms with van der Waals surface area (Å²) in [7, 11) is -9.65. The lowest BCUT2D eigenvalue weighted by atomic mass is 10.3. The average Bonchev–Trinajstić information content (AvgIpc) is 4.04. The summed E-state index contributed by atoms with van der Waals surface area (Å²) in [5.41, 5.74) is 11.9. The van der Waals surface area contributed by atoms with Gasteiger partial charge in [-0.3, -0.25) is 9.11 Å². The van der Waals surface area contributed by atoms with Crippen LogP contribution in [0.4, 0.5) is 34.6 Å². The van der Waals surface area contributed by atoms with Crippen LogP contribution in [0.3, 0.4) is 0 Å². The van der Waals surface area contributed by atoms with Gasteiger partial charge in [-0.05, 0) is 50.2 Å². The number of nitrogens with two attached hydrogens (primary N) is 2. The summed E-state index contributed by atoms with van der Waals surface area (Å²) in [5, 5.41) is 87.9. The van der Waals surface area contributed by atoms with Crippen LogP contribution in [0.25, 0.3) is 23.3 Å². The van der Waals surface area contributed by atoms with Crippen molar-refractivity contribution in [2.45, 2.75) is 33.4 Å². The Balaban J connectivity index is 1.24. The molecule has 32 nitrogen and oxygen atoms in total. The molecule has 0 bridgehead atoms. The summed E-state index contributed by atoms with van der Waals surface area (Å²) < 4.78 is 80.7. The molecule has 0 spiro atoms. The first-order valence-electron chi connectivity index (χ1n) is 17.4. The average molecular weight is 998 g/mol. The monoisotopic (exact) mass is 997 g/mol. The predicted octanol–water partition coefficient (Wildman–Crippen LogP) is 4.03. The summed E-state index contributed by atoms with van der Waals surface area (Å²) in [4.78, 5) is 11.0. The molecule has 9 N–H and O–H groups in total. The minimum atomic E-state index is -4.90. The third-order valence-corrected chi connectivity index (χ3v) is 11.5. The van der Waals surface area contributed by atoms with E-state index >= 15 is 0 Å². The van der Waals surface area contributed by atoms with Crippen molar-refractivity contribution in [1.82, 2.24) is 54.1 Å². The van der Waals surface area contributed by atoms with Crippen LogP contribution in [0.2, 0.25) is 0 Å². The molecule has 0 unspecified atom stereocenters. The standard InChI is InChI=1S/C31H23N19O13S4/c1-13-23(41-43-27-15(9-32)11-36-47(27)19-8-18(66(54,55)56)4-5-21(19)65-63-61-53)25(34)49(45-13)29-38-30(40-31(51)39-29)50-26(35)24(14(2)46-50)42-44-28-16(10-33)12-37-48(28)20-7-17(64-62-60-52)3-6-22(20)67(57,58)59/h3-8,11-12,52-53H,34-35H2,1-2H3,(H,54,55,56)(H,57,58,59)(H,38,39,40,51). The van der Waals surface area contributed by atoms with Gasteiger partial charge in [-0.2, -0.15) is 72.1 Å². The van der Waals surface area contributed by atoms with Gasteiger partial charge in [0.1, 0.15) is 28.2 Å². The third-order valence-electron chi connectivity index (χ3n) is 8.53. The van der Waals surface area contributed by atoms with Gasteiger partial charge in [-0.1, -0.05) is 10.1 Å². The topological polar surface area (TPSA) is 465 Å². The van der Waals surface area contributed by atoms with E-state index in [-0.39, 0.29) is 78.3 Å². The van der Waals surface area contributed by atoms with E-state index in [1.807, 2.05) is 12.1 Å². The molecule has 0 aliphatic rings. The third kappa shape index (κ3) is 9.61. The zero-order valence-corrected chi connectivity index (χ0v) is 36.3. The highest BCUT2D eigenvalue weighted by atomic mass is 32.2. The first-order valence-corrected chi connectivity index (χ1v) is 21.7. The molecular formula is C31H23N19O13S4. The quantitative estimate of drug-likeness (QED) is 0.0236. The molecule has 36 heteroatoms. The van der Waals surface area contributed by atoms with Gasteiger partial charge in [0.25, 0.3) is 32.1 Å². The Kier molecular flexibility index (Phi) is 13.3. The summed E-state index contributed by atoms with van der Waals surface area (Å²) >= 11 is 0.859. The van der Waals surface area contributed by atoms with Crippen LogP contribution < -0.4 is 11.5 Å². The van der Waals surface area contributed by atoms with Gasteiger partial charge in [0.2, 0.25) is 0 Å². The molecule has 344 valence electrons. The SMILES string of the molecule is Cc1nn(-c2nc(O)nc(-n3nc(C)c(N=Nc4c(C#N)cnn4-c4cc(SOOO)ccc4S(=O)(=O)O)c3N)n2)c(N)c1N=Nc1c(C#N)cnn1-c1cc(S(=O)(=O)O)ccc1SOOO. The number of azo groups is 2. The number of nitrogens with zero attached hydrogens (tertiary/aromatic N) is 17. The van der Waals surface area contributed by atoms with E-state index in [9.17, 15) is 41.6 Å². The number of rotatable bonds is 16. The van der Waals surface area contributed by atoms with Crippen LogP contribution in [-0.2, 0) is 39.0 Å². The van der Waals surface area contributed by atoms with Crippen molar-refractivity contribution in [3.8, 4) is 41.4 Å². The molecule has 0 saturated heterocycles. The van der Waals surface area contributed by atoms with Gasteiger partial charge < -0.3 is 16.6 Å². The number of nitriles is 2. The first kappa shape index (κ1) is 47.1. The molecule has 5 aromatic heterocycles. The van der Waals surface area contributed by atoms with Crippen molar-refractivity contribution < 1.29 is 60.3 Å². The Morgan fingerprint density at radius 2 is 1.21 bits per heavy atom. The molecule has 7 rings (SSSR count). The molecule has 2 aromatic carbocycles. The Hall–Kier alpha value is -7.85. The number of benzene rings is 2. The normalized spacial score (nSPS) is 12.1. The second-order valence-corrected chi connectivity index (χ2v) is 16.9. The fourth-order valence-corrected chi connectivity index (χ4v) is 7.67. The van der Waals surface area contributed by atoms with Gasteiger partial charge in [-0.25, -0.2) is 19.9 Å². The molecule has 7 aromatic rings. The molecule has 0 saturated carbocycles. The number of aromatic nitrogens is 11. The summed E-state index contributed by atoms with van der Waals surface area (Å²) in [6.45, 7) is 2.90. The summed E-state index contributed by atoms with van der Waals surface area (Å²) in [6, 6.07) is 9.34. The number of hydrogen-bond acceptors (Lipinski definition) is 28. The molecule has 0 amide bonds. The second kappa shape index (κ2) is 18.9. The van der Waals surface area contributed by atoms with Crippen LogP contribution in [0.5, 0.6) is 6.01 Å². The molecular weight excluding hydrogens is 975 g/mol. The predicted molar refractivity (Wildman–Crippen MR) is 220 cm³/mol. The molecule has 0 aliphatic carbocycles. The van der Waals surface area contributed by atoms with Gasteiger partial charge in [-0.15, -0.1) is 29.1 Å². The van der Waals surface area contributed by atoms with Crippen molar-refractivity contribution in [3.05, 3.63) is 71.3 Å².